The molecule has 0 aromatic heterocycles. The van der Waals surface area contributed by atoms with Crippen LogP contribution in [0.15, 0.2) is 0 Å². The van der Waals surface area contributed by atoms with E-state index in [1.807, 2.05) is 13.8 Å². The summed E-state index contributed by atoms with van der Waals surface area (Å²) in [6.45, 7) is 3.96. The minimum absolute atomic E-state index is 0.0914. The third-order valence-corrected chi connectivity index (χ3v) is 1.93. The molecule has 1 rings (SSSR count). The molecule has 1 heterocycles. The van der Waals surface area contributed by atoms with E-state index < -0.39 is 6.10 Å². The largest absolute Gasteiger partial charge is 0.462 e. The van der Waals surface area contributed by atoms with Crippen LogP contribution in [0, 0.1) is 5.92 Å². The first kappa shape index (κ1) is 8.53. The van der Waals surface area contributed by atoms with Crippen LogP contribution in [0.1, 0.15) is 26.7 Å². The molecule has 1 aliphatic rings. The van der Waals surface area contributed by atoms with Crippen molar-refractivity contribution >= 4 is 5.97 Å². The van der Waals surface area contributed by atoms with Gasteiger partial charge in [-0.25, -0.2) is 0 Å². The Kier molecular flexibility index (Phi) is 2.49. The van der Waals surface area contributed by atoms with Crippen LogP contribution in [-0.2, 0) is 9.53 Å². The third-order valence-electron chi connectivity index (χ3n) is 1.93. The van der Waals surface area contributed by atoms with Crippen molar-refractivity contribution in [2.75, 3.05) is 0 Å². The summed E-state index contributed by atoms with van der Waals surface area (Å²) < 4.78 is 5.02. The summed E-state index contributed by atoms with van der Waals surface area (Å²) >= 11 is 0. The van der Waals surface area contributed by atoms with Crippen molar-refractivity contribution in [3.8, 4) is 0 Å². The van der Waals surface area contributed by atoms with Crippen LogP contribution in [0.5, 0.6) is 0 Å². The number of ether oxygens (including phenoxy) is 1. The Morgan fingerprint density at radius 3 is 2.73 bits per heavy atom. The Hall–Kier alpha value is -0.570. The topological polar surface area (TPSA) is 46.5 Å². The zero-order valence-electron chi connectivity index (χ0n) is 6.91. The van der Waals surface area contributed by atoms with E-state index in [9.17, 15) is 9.90 Å². The molecule has 1 saturated heterocycles. The van der Waals surface area contributed by atoms with E-state index in [0.717, 1.165) is 0 Å². The maximum absolute atomic E-state index is 10.8. The van der Waals surface area contributed by atoms with Crippen molar-refractivity contribution in [3.05, 3.63) is 0 Å². The lowest BCUT2D eigenvalue weighted by atomic mass is 9.97. The van der Waals surface area contributed by atoms with Gasteiger partial charge < -0.3 is 9.84 Å². The standard InChI is InChI=1S/C8H14O3/c1-5(2)7-3-6(9)4-8(10)11-7/h5-7,9H,3-4H2,1-2H3/t6-,7-/m0/s1. The zero-order chi connectivity index (χ0) is 8.43. The van der Waals surface area contributed by atoms with Crippen LogP contribution < -0.4 is 0 Å². The highest BCUT2D eigenvalue weighted by atomic mass is 16.5. The summed E-state index contributed by atoms with van der Waals surface area (Å²) in [6, 6.07) is 0. The fraction of sp³-hybridized carbons (Fsp3) is 0.875. The maximum atomic E-state index is 10.8. The number of rotatable bonds is 1. The predicted molar refractivity (Wildman–Crippen MR) is 40.0 cm³/mol. The van der Waals surface area contributed by atoms with Crippen LogP contribution in [0.4, 0.5) is 0 Å². The number of cyclic esters (lactones) is 1. The van der Waals surface area contributed by atoms with E-state index in [1.165, 1.54) is 0 Å². The molecule has 1 aliphatic heterocycles. The summed E-state index contributed by atoms with van der Waals surface area (Å²) in [5, 5.41) is 9.20. The highest BCUT2D eigenvalue weighted by Gasteiger charge is 2.28. The average molecular weight is 158 g/mol. The van der Waals surface area contributed by atoms with Crippen LogP contribution >= 0.6 is 0 Å². The molecule has 0 aliphatic carbocycles. The van der Waals surface area contributed by atoms with Gasteiger partial charge in [-0.2, -0.15) is 0 Å². The SMILES string of the molecule is CC(C)[C@@H]1C[C@H](O)CC(=O)O1. The summed E-state index contributed by atoms with van der Waals surface area (Å²) in [4.78, 5) is 10.8. The van der Waals surface area contributed by atoms with Gasteiger partial charge >= 0.3 is 5.97 Å². The number of hydrogen-bond acceptors (Lipinski definition) is 3. The molecule has 0 saturated carbocycles. The molecule has 1 N–H and O–H groups in total. The lowest BCUT2D eigenvalue weighted by Crippen LogP contribution is -2.35. The Bertz CT molecular complexity index is 153. The first-order chi connectivity index (χ1) is 5.09. The minimum Gasteiger partial charge on any atom is -0.462 e. The van der Waals surface area contributed by atoms with Crippen molar-refractivity contribution in [3.63, 3.8) is 0 Å². The fourth-order valence-corrected chi connectivity index (χ4v) is 1.22. The second kappa shape index (κ2) is 3.22. The zero-order valence-corrected chi connectivity index (χ0v) is 6.91. The second-order valence-electron chi connectivity index (χ2n) is 3.37. The Morgan fingerprint density at radius 2 is 2.27 bits per heavy atom. The second-order valence-corrected chi connectivity index (χ2v) is 3.37. The van der Waals surface area contributed by atoms with Crippen molar-refractivity contribution < 1.29 is 14.6 Å². The van der Waals surface area contributed by atoms with E-state index in [0.29, 0.717) is 12.3 Å². The summed E-state index contributed by atoms with van der Waals surface area (Å²) in [5.74, 6) is 0.0244. The van der Waals surface area contributed by atoms with E-state index in [-0.39, 0.29) is 18.5 Å². The van der Waals surface area contributed by atoms with Gasteiger partial charge in [0, 0.05) is 6.42 Å². The third kappa shape index (κ3) is 2.19. The van der Waals surface area contributed by atoms with Gasteiger partial charge in [0.05, 0.1) is 12.5 Å². The molecule has 1 fully saturated rings. The molecule has 0 aromatic rings. The fourth-order valence-electron chi connectivity index (χ4n) is 1.22. The lowest BCUT2D eigenvalue weighted by molar-refractivity contribution is -0.163. The van der Waals surface area contributed by atoms with Crippen molar-refractivity contribution in [1.29, 1.82) is 0 Å². The molecule has 2 atom stereocenters. The molecular weight excluding hydrogens is 144 g/mol. The maximum Gasteiger partial charge on any atom is 0.308 e. The average Bonchev–Trinajstić information content (AvgIpc) is 1.85. The van der Waals surface area contributed by atoms with E-state index in [1.54, 1.807) is 0 Å². The molecule has 3 nitrogen and oxygen atoms in total. The summed E-state index contributed by atoms with van der Waals surface area (Å²) in [7, 11) is 0. The number of aliphatic hydroxyl groups is 1. The number of aliphatic hydroxyl groups excluding tert-OH is 1. The van der Waals surface area contributed by atoms with Crippen LogP contribution in [0.25, 0.3) is 0 Å². The predicted octanol–water partition coefficient (Wildman–Crippen LogP) is 0.709. The van der Waals surface area contributed by atoms with E-state index in [2.05, 4.69) is 0 Å². The minimum atomic E-state index is -0.497. The van der Waals surface area contributed by atoms with Gasteiger partial charge in [0.15, 0.2) is 0 Å². The van der Waals surface area contributed by atoms with Gasteiger partial charge in [-0.3, -0.25) is 4.79 Å². The monoisotopic (exact) mass is 158 g/mol. The summed E-state index contributed by atoms with van der Waals surface area (Å²) in [6.07, 6.45) is 0.155. The van der Waals surface area contributed by atoms with Crippen LogP contribution in [0.3, 0.4) is 0 Å². The molecule has 0 bridgehead atoms. The van der Waals surface area contributed by atoms with Gasteiger partial charge in [0.1, 0.15) is 6.10 Å². The van der Waals surface area contributed by atoms with Crippen molar-refractivity contribution in [1.82, 2.24) is 0 Å². The van der Waals surface area contributed by atoms with Gasteiger partial charge in [0.2, 0.25) is 0 Å². The molecule has 0 amide bonds. The molecule has 0 spiro atoms. The van der Waals surface area contributed by atoms with Gasteiger partial charge in [0.25, 0.3) is 0 Å². The quantitative estimate of drug-likeness (QED) is 0.572. The highest BCUT2D eigenvalue weighted by Crippen LogP contribution is 2.20. The van der Waals surface area contributed by atoms with Crippen LogP contribution in [-0.4, -0.2) is 23.3 Å². The Morgan fingerprint density at radius 1 is 1.64 bits per heavy atom. The first-order valence-electron chi connectivity index (χ1n) is 3.97. The molecule has 64 valence electrons. The lowest BCUT2D eigenvalue weighted by Gasteiger charge is -2.28. The van der Waals surface area contributed by atoms with E-state index in [4.69, 9.17) is 4.74 Å². The van der Waals surface area contributed by atoms with Gasteiger partial charge in [-0.1, -0.05) is 13.8 Å². The summed E-state index contributed by atoms with van der Waals surface area (Å²) in [5.41, 5.74) is 0. The van der Waals surface area contributed by atoms with Crippen LogP contribution in [0.2, 0.25) is 0 Å². The first-order valence-corrected chi connectivity index (χ1v) is 3.97. The Balaban J connectivity index is 2.49. The van der Waals surface area contributed by atoms with Crippen molar-refractivity contribution in [2.24, 2.45) is 5.92 Å². The highest BCUT2D eigenvalue weighted by molar-refractivity contribution is 5.70. The molecular formula is C8H14O3. The Labute approximate surface area is 66.4 Å². The normalized spacial score (nSPS) is 32.2. The molecule has 0 unspecified atom stereocenters. The number of esters is 1. The molecule has 11 heavy (non-hydrogen) atoms. The molecule has 0 aromatic carbocycles. The number of carbonyl (C=O) groups is 1. The van der Waals surface area contributed by atoms with Gasteiger partial charge in [-0.05, 0) is 5.92 Å². The smallest absolute Gasteiger partial charge is 0.308 e. The van der Waals surface area contributed by atoms with E-state index >= 15 is 0 Å². The molecule has 0 radical (unpaired) electrons. The molecule has 3 heteroatoms. The van der Waals surface area contributed by atoms with Crippen molar-refractivity contribution in [2.45, 2.75) is 38.9 Å². The van der Waals surface area contributed by atoms with Gasteiger partial charge in [-0.15, -0.1) is 0 Å². The number of hydrogen-bond donors (Lipinski definition) is 1. The number of carbonyl (C=O) groups excluding carboxylic acids is 1.